The van der Waals surface area contributed by atoms with Crippen molar-refractivity contribution in [3.63, 3.8) is 0 Å². The quantitative estimate of drug-likeness (QED) is 0.243. The van der Waals surface area contributed by atoms with E-state index in [-0.39, 0.29) is 36.2 Å². The van der Waals surface area contributed by atoms with Crippen molar-refractivity contribution in [1.29, 1.82) is 0 Å². The second kappa shape index (κ2) is 14.4. The number of hydrogen-bond donors (Lipinski definition) is 0. The number of rotatable bonds is 15. The average Bonchev–Trinajstić information content (AvgIpc) is 2.39. The van der Waals surface area contributed by atoms with Gasteiger partial charge in [0.05, 0.1) is 24.4 Å². The lowest BCUT2D eigenvalue weighted by molar-refractivity contribution is -0.134. The summed E-state index contributed by atoms with van der Waals surface area (Å²) in [6, 6.07) is 2.32. The summed E-state index contributed by atoms with van der Waals surface area (Å²) in [5.41, 5.74) is 0. The predicted molar refractivity (Wildman–Crippen MR) is 103 cm³/mol. The Morgan fingerprint density at radius 2 is 0.750 bits per heavy atom. The monoisotopic (exact) mass is 374 g/mol. The topological polar surface area (TPSA) is 36.9 Å². The molecule has 0 heterocycles. The van der Waals surface area contributed by atoms with Crippen molar-refractivity contribution in [1.82, 2.24) is 0 Å². The highest BCUT2D eigenvalue weighted by atomic mass is 28.2. The van der Waals surface area contributed by atoms with Gasteiger partial charge in [-0.15, -0.1) is 0 Å². The first-order chi connectivity index (χ1) is 11.2. The summed E-state index contributed by atoms with van der Waals surface area (Å²) in [5.74, 6) is -0.0949. The number of hydrogen-bond acceptors (Lipinski definition) is 4. The molecule has 0 aliphatic rings. The van der Waals surface area contributed by atoms with E-state index in [0.29, 0.717) is 19.0 Å². The third-order valence-electron chi connectivity index (χ3n) is 2.81. The highest BCUT2D eigenvalue weighted by molar-refractivity contribution is 6.37. The van der Waals surface area contributed by atoms with Crippen LogP contribution in [0.2, 0.25) is 12.1 Å². The zero-order valence-corrected chi connectivity index (χ0v) is 18.9. The molecular weight excluding hydrogens is 336 g/mol. The first-order valence-corrected chi connectivity index (χ1v) is 11.9. The van der Waals surface area contributed by atoms with Crippen LogP contribution < -0.4 is 0 Å². The molecule has 4 nitrogen and oxygen atoms in total. The van der Waals surface area contributed by atoms with E-state index in [1.54, 1.807) is 0 Å². The molecule has 0 spiro atoms. The molecule has 0 saturated carbocycles. The Kier molecular flexibility index (Phi) is 14.6. The second-order valence-corrected chi connectivity index (χ2v) is 9.78. The summed E-state index contributed by atoms with van der Waals surface area (Å²) in [4.78, 5) is 0. The maximum absolute atomic E-state index is 5.85. The van der Waals surface area contributed by atoms with E-state index in [1.807, 2.05) is 0 Å². The van der Waals surface area contributed by atoms with Gasteiger partial charge in [-0.25, -0.2) is 0 Å². The van der Waals surface area contributed by atoms with Gasteiger partial charge in [-0.2, -0.15) is 0 Å². The summed E-state index contributed by atoms with van der Waals surface area (Å²) in [7, 11) is 1.41. The van der Waals surface area contributed by atoms with E-state index >= 15 is 0 Å². The van der Waals surface area contributed by atoms with Crippen LogP contribution in [0.1, 0.15) is 68.2 Å². The second-order valence-electron chi connectivity index (χ2n) is 7.02. The molecule has 4 radical (unpaired) electrons. The van der Waals surface area contributed by atoms with Crippen molar-refractivity contribution in [3.8, 4) is 0 Å². The molecule has 142 valence electrons. The zero-order valence-electron chi connectivity index (χ0n) is 16.9. The first kappa shape index (κ1) is 24.3. The van der Waals surface area contributed by atoms with Gasteiger partial charge in [0, 0.05) is 0 Å². The Morgan fingerprint density at radius 1 is 0.500 bits per heavy atom. The fourth-order valence-corrected chi connectivity index (χ4v) is 4.79. The molecule has 6 heteroatoms. The largest absolute Gasteiger partial charge is 0.354 e. The molecule has 0 unspecified atom stereocenters. The van der Waals surface area contributed by atoms with Gasteiger partial charge in [-0.05, 0) is 55.4 Å². The molecule has 0 fully saturated rings. The number of ether oxygens (including phenoxy) is 4. The Hall–Kier alpha value is 0.274. The van der Waals surface area contributed by atoms with Crippen molar-refractivity contribution in [2.75, 3.05) is 0 Å². The Labute approximate surface area is 155 Å². The Balaban J connectivity index is 3.91. The van der Waals surface area contributed by atoms with Crippen LogP contribution in [-0.2, 0) is 18.9 Å². The smallest absolute Gasteiger partial charge is 0.137 e. The van der Waals surface area contributed by atoms with Crippen LogP contribution in [0.25, 0.3) is 0 Å². The van der Waals surface area contributed by atoms with Crippen LogP contribution in [0.15, 0.2) is 0 Å². The molecule has 0 amide bonds. The maximum Gasteiger partial charge on any atom is 0.137 e. The van der Waals surface area contributed by atoms with Crippen molar-refractivity contribution in [2.24, 2.45) is 0 Å². The Morgan fingerprint density at radius 3 is 0.958 bits per heavy atom. The lowest BCUT2D eigenvalue weighted by Crippen LogP contribution is -2.30. The normalized spacial score (nSPS) is 12.8. The van der Waals surface area contributed by atoms with Crippen LogP contribution >= 0.6 is 0 Å². The first-order valence-electron chi connectivity index (χ1n) is 9.29. The van der Waals surface area contributed by atoms with E-state index in [0.717, 1.165) is 12.1 Å². The van der Waals surface area contributed by atoms with E-state index < -0.39 is 0 Å². The van der Waals surface area contributed by atoms with Crippen molar-refractivity contribution < 1.29 is 18.9 Å². The molecular formula is C18H38O4Si2. The minimum Gasteiger partial charge on any atom is -0.354 e. The number of unbranched alkanes of at least 4 members (excludes halogenated alkanes) is 1. The minimum atomic E-state index is -0.0475. The molecule has 0 N–H and O–H groups in total. The Bertz CT molecular complexity index is 238. The van der Waals surface area contributed by atoms with Crippen molar-refractivity contribution >= 4 is 19.0 Å². The van der Waals surface area contributed by atoms with Crippen molar-refractivity contribution in [3.05, 3.63) is 0 Å². The van der Waals surface area contributed by atoms with E-state index in [4.69, 9.17) is 18.9 Å². The van der Waals surface area contributed by atoms with Crippen LogP contribution in [-0.4, -0.2) is 55.3 Å². The molecule has 0 aliphatic carbocycles. The average molecular weight is 375 g/mol. The third-order valence-corrected chi connectivity index (χ3v) is 5.30. The van der Waals surface area contributed by atoms with Crippen LogP contribution in [0.4, 0.5) is 0 Å². The van der Waals surface area contributed by atoms with Gasteiger partial charge in [0.1, 0.15) is 30.9 Å². The molecule has 0 aromatic heterocycles. The highest BCUT2D eigenvalue weighted by Gasteiger charge is 2.16. The summed E-state index contributed by atoms with van der Waals surface area (Å²) in [6.45, 7) is 16.5. The molecule has 0 aromatic rings. The van der Waals surface area contributed by atoms with Gasteiger partial charge in [0.15, 0.2) is 0 Å². The molecule has 0 saturated heterocycles. The third kappa shape index (κ3) is 15.8. The van der Waals surface area contributed by atoms with Gasteiger partial charge < -0.3 is 18.9 Å². The lowest BCUT2D eigenvalue weighted by Gasteiger charge is -2.23. The van der Waals surface area contributed by atoms with Gasteiger partial charge in [-0.3, -0.25) is 0 Å². The molecule has 0 atom stereocenters. The van der Waals surface area contributed by atoms with Gasteiger partial charge in [0.25, 0.3) is 0 Å². The van der Waals surface area contributed by atoms with Crippen LogP contribution in [0, 0.1) is 0 Å². The van der Waals surface area contributed by atoms with Crippen LogP contribution in [0.5, 0.6) is 0 Å². The zero-order chi connectivity index (χ0) is 18.5. The summed E-state index contributed by atoms with van der Waals surface area (Å²) < 4.78 is 23.4. The summed E-state index contributed by atoms with van der Waals surface area (Å²) >= 11 is 0. The van der Waals surface area contributed by atoms with E-state index in [1.165, 1.54) is 12.8 Å². The fraction of sp³-hybridized carbons (Fsp3) is 1.00. The lowest BCUT2D eigenvalue weighted by atomic mass is 10.4. The standard InChI is InChI=1S/C18H38O4Si2/c1-13(2)19-17(20-14(3)4)23-11-9-10-12-24-18(21-15(5)6)22-16(7)8/h13-18H,9-12H2,1-8H3. The van der Waals surface area contributed by atoms with Crippen LogP contribution in [0.3, 0.4) is 0 Å². The maximum atomic E-state index is 5.85. The molecule has 0 aromatic carbocycles. The predicted octanol–water partition coefficient (Wildman–Crippen LogP) is 4.28. The van der Waals surface area contributed by atoms with E-state index in [9.17, 15) is 0 Å². The van der Waals surface area contributed by atoms with Gasteiger partial charge in [-0.1, -0.05) is 24.9 Å². The SMILES string of the molecule is CC(C)OC(OC(C)C)[Si]CCCC[Si]C(OC(C)C)OC(C)C. The van der Waals surface area contributed by atoms with Gasteiger partial charge in [0.2, 0.25) is 0 Å². The van der Waals surface area contributed by atoms with Gasteiger partial charge >= 0.3 is 0 Å². The molecule has 0 rings (SSSR count). The molecule has 0 bridgehead atoms. The van der Waals surface area contributed by atoms with Crippen molar-refractivity contribution in [2.45, 2.75) is 117 Å². The fourth-order valence-electron chi connectivity index (χ4n) is 1.94. The summed E-state index contributed by atoms with van der Waals surface area (Å²) in [6.07, 6.45) is 3.27. The van der Waals surface area contributed by atoms with E-state index in [2.05, 4.69) is 55.4 Å². The minimum absolute atomic E-state index is 0.0475. The summed E-state index contributed by atoms with van der Waals surface area (Å²) in [5, 5.41) is 0. The molecule has 24 heavy (non-hydrogen) atoms. The molecule has 0 aliphatic heterocycles. The highest BCUT2D eigenvalue weighted by Crippen LogP contribution is 2.10.